The molecule has 0 aliphatic carbocycles. The van der Waals surface area contributed by atoms with E-state index in [4.69, 9.17) is 0 Å². The summed E-state index contributed by atoms with van der Waals surface area (Å²) in [6, 6.07) is 89.3. The summed E-state index contributed by atoms with van der Waals surface area (Å²) in [4.78, 5) is 0. The van der Waals surface area contributed by atoms with E-state index >= 15 is 0 Å². The molecule has 0 aliphatic heterocycles. The van der Waals surface area contributed by atoms with Crippen molar-refractivity contribution in [3.05, 3.63) is 243 Å². The van der Waals surface area contributed by atoms with E-state index in [9.17, 15) is 0 Å². The fourth-order valence-electron chi connectivity index (χ4n) is 9.53. The van der Waals surface area contributed by atoms with Crippen LogP contribution in [0.1, 0.15) is 0 Å². The molecule has 0 heterocycles. The summed E-state index contributed by atoms with van der Waals surface area (Å²) in [6.45, 7) is 0. The van der Waals surface area contributed by atoms with Gasteiger partial charge in [-0.25, -0.2) is 0 Å². The van der Waals surface area contributed by atoms with E-state index in [2.05, 4.69) is 243 Å². The van der Waals surface area contributed by atoms with Crippen molar-refractivity contribution in [2.75, 3.05) is 0 Å². The molecular weight excluding hydrogens is 745 g/mol. The van der Waals surface area contributed by atoms with Gasteiger partial charge in [-0.05, 0) is 163 Å². The molecule has 0 amide bonds. The molecule has 0 saturated heterocycles. The molecule has 0 nitrogen and oxygen atoms in total. The summed E-state index contributed by atoms with van der Waals surface area (Å²) in [5, 5.41) is 12.6. The summed E-state index contributed by atoms with van der Waals surface area (Å²) in [5.41, 5.74) is 14.7. The molecule has 0 fully saturated rings. The summed E-state index contributed by atoms with van der Waals surface area (Å²) < 4.78 is 0. The second kappa shape index (κ2) is 14.9. The molecule has 0 bridgehead atoms. The SMILES string of the molecule is c1ccc(-c2cc(-c3ccc(-c4ccc(-c5ccc6cc(-c7cc8ccccc8c8ccccc78)ccc6c5)cc4)cc3)cc3ccc(-c4ccc5ccccc5c4)cc23)cc1. The highest BCUT2D eigenvalue weighted by Crippen LogP contribution is 2.39. The van der Waals surface area contributed by atoms with E-state index < -0.39 is 0 Å². The Morgan fingerprint density at radius 1 is 0.145 bits per heavy atom. The molecule has 0 aromatic heterocycles. The third kappa shape index (κ3) is 6.42. The van der Waals surface area contributed by atoms with Crippen LogP contribution in [0.4, 0.5) is 0 Å². The maximum Gasteiger partial charge on any atom is -0.00988 e. The van der Waals surface area contributed by atoms with Gasteiger partial charge < -0.3 is 0 Å². The third-order valence-corrected chi connectivity index (χ3v) is 12.8. The molecule has 12 rings (SSSR count). The predicted octanol–water partition coefficient (Wildman–Crippen LogP) is 17.5. The summed E-state index contributed by atoms with van der Waals surface area (Å²) in [7, 11) is 0. The fraction of sp³-hybridized carbons (Fsp3) is 0. The van der Waals surface area contributed by atoms with Gasteiger partial charge in [0.2, 0.25) is 0 Å². The largest absolute Gasteiger partial charge is 0.0622 e. The van der Waals surface area contributed by atoms with Crippen LogP contribution in [-0.2, 0) is 0 Å². The van der Waals surface area contributed by atoms with Crippen LogP contribution in [0.15, 0.2) is 243 Å². The Hall–Kier alpha value is -8.06. The molecule has 0 unspecified atom stereocenters. The molecule has 0 spiro atoms. The molecule has 0 N–H and O–H groups in total. The Labute approximate surface area is 361 Å². The number of fused-ring (bicyclic) bond motifs is 6. The summed E-state index contributed by atoms with van der Waals surface area (Å²) in [6.07, 6.45) is 0. The Morgan fingerprint density at radius 3 is 1.23 bits per heavy atom. The number of benzene rings is 12. The van der Waals surface area contributed by atoms with Crippen LogP contribution >= 0.6 is 0 Å². The van der Waals surface area contributed by atoms with E-state index in [-0.39, 0.29) is 0 Å². The van der Waals surface area contributed by atoms with Crippen molar-refractivity contribution in [3.8, 4) is 66.8 Å². The van der Waals surface area contributed by atoms with Crippen LogP contribution in [0.25, 0.3) is 121 Å². The smallest absolute Gasteiger partial charge is 0.00988 e. The Morgan fingerprint density at radius 2 is 0.532 bits per heavy atom. The zero-order valence-electron chi connectivity index (χ0n) is 34.1. The monoisotopic (exact) mass is 784 g/mol. The van der Waals surface area contributed by atoms with Crippen LogP contribution in [-0.4, -0.2) is 0 Å². The topological polar surface area (TPSA) is 0 Å². The minimum Gasteiger partial charge on any atom is -0.0622 e. The van der Waals surface area contributed by atoms with Gasteiger partial charge in [0, 0.05) is 0 Å². The average molecular weight is 785 g/mol. The van der Waals surface area contributed by atoms with Gasteiger partial charge in [-0.3, -0.25) is 0 Å². The first-order chi connectivity index (χ1) is 30.7. The van der Waals surface area contributed by atoms with Crippen LogP contribution in [0.2, 0.25) is 0 Å². The minimum absolute atomic E-state index is 1.20. The van der Waals surface area contributed by atoms with Gasteiger partial charge in [-0.15, -0.1) is 0 Å². The second-order valence-electron chi connectivity index (χ2n) is 16.5. The van der Waals surface area contributed by atoms with Gasteiger partial charge in [0.1, 0.15) is 0 Å². The molecule has 12 aromatic carbocycles. The number of hydrogen-bond donors (Lipinski definition) is 0. The van der Waals surface area contributed by atoms with Crippen LogP contribution in [0.5, 0.6) is 0 Å². The zero-order chi connectivity index (χ0) is 41.0. The van der Waals surface area contributed by atoms with Gasteiger partial charge in [-0.1, -0.05) is 200 Å². The van der Waals surface area contributed by atoms with E-state index in [0.717, 1.165) is 0 Å². The van der Waals surface area contributed by atoms with Crippen LogP contribution < -0.4 is 0 Å². The number of hydrogen-bond acceptors (Lipinski definition) is 0. The van der Waals surface area contributed by atoms with Gasteiger partial charge in [0.15, 0.2) is 0 Å². The quantitative estimate of drug-likeness (QED) is 0.147. The van der Waals surface area contributed by atoms with E-state index in [1.54, 1.807) is 0 Å². The maximum absolute atomic E-state index is 2.36. The highest BCUT2D eigenvalue weighted by atomic mass is 14.2. The van der Waals surface area contributed by atoms with Crippen LogP contribution in [0.3, 0.4) is 0 Å². The molecule has 12 aromatic rings. The lowest BCUT2D eigenvalue weighted by Crippen LogP contribution is -1.88. The van der Waals surface area contributed by atoms with Crippen molar-refractivity contribution in [2.24, 2.45) is 0 Å². The molecule has 0 heteroatoms. The molecule has 62 heavy (non-hydrogen) atoms. The van der Waals surface area contributed by atoms with Crippen molar-refractivity contribution in [1.82, 2.24) is 0 Å². The first-order valence-electron chi connectivity index (χ1n) is 21.5. The van der Waals surface area contributed by atoms with E-state index in [1.807, 2.05) is 0 Å². The zero-order valence-corrected chi connectivity index (χ0v) is 34.1. The molecule has 0 aliphatic rings. The lowest BCUT2D eigenvalue weighted by molar-refractivity contribution is 1.58. The first-order valence-corrected chi connectivity index (χ1v) is 21.5. The van der Waals surface area contributed by atoms with Gasteiger partial charge >= 0.3 is 0 Å². The average Bonchev–Trinajstić information content (AvgIpc) is 3.35. The lowest BCUT2D eigenvalue weighted by Gasteiger charge is -2.14. The Balaban J connectivity index is 0.825. The summed E-state index contributed by atoms with van der Waals surface area (Å²) in [5.74, 6) is 0. The molecular formula is C62H40. The highest BCUT2D eigenvalue weighted by molar-refractivity contribution is 6.14. The van der Waals surface area contributed by atoms with E-state index in [0.29, 0.717) is 0 Å². The Kier molecular flexibility index (Phi) is 8.61. The first kappa shape index (κ1) is 35.8. The number of rotatable bonds is 6. The molecule has 0 atom stereocenters. The van der Waals surface area contributed by atoms with Crippen molar-refractivity contribution in [2.45, 2.75) is 0 Å². The normalized spacial score (nSPS) is 11.5. The standard InChI is InChI=1S/C62H40/c1-2-11-46(12-3-1)60-40-56(37-55-33-31-52(38-62(55)60)50-27-26-41-10-4-5-13-47(41)34-50)45-24-20-43(21-25-45)42-18-22-44(23-19-42)48-28-29-51-36-54(32-30-49(51)35-48)61-39-53-14-6-7-15-57(53)58-16-8-9-17-59(58)61/h1-40H. The van der Waals surface area contributed by atoms with Crippen molar-refractivity contribution in [1.29, 1.82) is 0 Å². The second-order valence-corrected chi connectivity index (χ2v) is 16.5. The van der Waals surface area contributed by atoms with Gasteiger partial charge in [0.25, 0.3) is 0 Å². The maximum atomic E-state index is 2.36. The molecule has 288 valence electrons. The minimum atomic E-state index is 1.20. The van der Waals surface area contributed by atoms with Gasteiger partial charge in [0.05, 0.1) is 0 Å². The van der Waals surface area contributed by atoms with Crippen LogP contribution in [0, 0.1) is 0 Å². The highest BCUT2D eigenvalue weighted by Gasteiger charge is 2.13. The van der Waals surface area contributed by atoms with E-state index in [1.165, 1.54) is 121 Å². The predicted molar refractivity (Wildman–Crippen MR) is 267 cm³/mol. The van der Waals surface area contributed by atoms with Crippen molar-refractivity contribution in [3.63, 3.8) is 0 Å². The molecule has 0 radical (unpaired) electrons. The molecule has 0 saturated carbocycles. The van der Waals surface area contributed by atoms with Crippen molar-refractivity contribution < 1.29 is 0 Å². The third-order valence-electron chi connectivity index (χ3n) is 12.8. The van der Waals surface area contributed by atoms with Gasteiger partial charge in [-0.2, -0.15) is 0 Å². The van der Waals surface area contributed by atoms with Crippen molar-refractivity contribution >= 4 is 53.9 Å². The summed E-state index contributed by atoms with van der Waals surface area (Å²) >= 11 is 0. The lowest BCUT2D eigenvalue weighted by atomic mass is 9.90. The fourth-order valence-corrected chi connectivity index (χ4v) is 9.53. The Bertz CT molecular complexity index is 3650.